The molecule has 0 bridgehead atoms. The number of fused-ring (bicyclic) bond motifs is 2. The number of amides is 2. The number of unbranched alkanes of at least 4 members (excludes halogenated alkanes) is 1. The highest BCUT2D eigenvalue weighted by molar-refractivity contribution is 8.00. The SMILES string of the molecule is C#CCN(C(=O)OCOC(=O)CCCC[C@@H]1SC[C@@H]2NC(=O)C[C@@H]21)[C@@H]1CCc2ccccc21. The van der Waals surface area contributed by atoms with Gasteiger partial charge in [-0.1, -0.05) is 36.6 Å². The third kappa shape index (κ3) is 5.64. The molecule has 176 valence electrons. The van der Waals surface area contributed by atoms with Crippen LogP contribution in [0.2, 0.25) is 0 Å². The fourth-order valence-electron chi connectivity index (χ4n) is 5.11. The topological polar surface area (TPSA) is 84.9 Å². The number of esters is 1. The van der Waals surface area contributed by atoms with Crippen molar-refractivity contribution in [3.63, 3.8) is 0 Å². The first-order valence-electron chi connectivity index (χ1n) is 11.6. The Labute approximate surface area is 198 Å². The molecule has 1 aromatic carbocycles. The average Bonchev–Trinajstić information content (AvgIpc) is 3.49. The first-order valence-corrected chi connectivity index (χ1v) is 12.6. The first kappa shape index (κ1) is 23.5. The quantitative estimate of drug-likeness (QED) is 0.258. The Morgan fingerprint density at radius 1 is 1.24 bits per heavy atom. The number of terminal acetylenes is 1. The van der Waals surface area contributed by atoms with Crippen molar-refractivity contribution in [3.8, 4) is 12.3 Å². The Bertz CT molecular complexity index is 930. The number of thioether (sulfide) groups is 1. The molecule has 2 heterocycles. The molecule has 7 nitrogen and oxygen atoms in total. The van der Waals surface area contributed by atoms with E-state index >= 15 is 0 Å². The molecule has 1 N–H and O–H groups in total. The summed E-state index contributed by atoms with van der Waals surface area (Å²) in [5.41, 5.74) is 2.30. The van der Waals surface area contributed by atoms with Crippen LogP contribution in [0, 0.1) is 18.3 Å². The molecule has 2 amide bonds. The predicted molar refractivity (Wildman–Crippen MR) is 125 cm³/mol. The highest BCUT2D eigenvalue weighted by atomic mass is 32.2. The number of hydrogen-bond acceptors (Lipinski definition) is 6. The van der Waals surface area contributed by atoms with E-state index in [-0.39, 0.29) is 30.9 Å². The normalized spacial score (nSPS) is 25.0. The molecule has 0 spiro atoms. The maximum atomic E-state index is 12.6. The van der Waals surface area contributed by atoms with Crippen LogP contribution in [0.15, 0.2) is 24.3 Å². The van der Waals surface area contributed by atoms with Gasteiger partial charge in [-0.15, -0.1) is 6.42 Å². The number of carbonyl (C=O) groups is 3. The van der Waals surface area contributed by atoms with Crippen molar-refractivity contribution in [2.75, 3.05) is 19.1 Å². The summed E-state index contributed by atoms with van der Waals surface area (Å²) in [5, 5.41) is 3.52. The van der Waals surface area contributed by atoms with Gasteiger partial charge in [0.05, 0.1) is 12.6 Å². The van der Waals surface area contributed by atoms with Crippen LogP contribution in [-0.4, -0.2) is 53.3 Å². The van der Waals surface area contributed by atoms with Gasteiger partial charge in [0.25, 0.3) is 0 Å². The predicted octanol–water partition coefficient (Wildman–Crippen LogP) is 3.43. The smallest absolute Gasteiger partial charge is 0.413 e. The van der Waals surface area contributed by atoms with E-state index in [0.717, 1.165) is 37.0 Å². The molecule has 0 aromatic heterocycles. The van der Waals surface area contributed by atoms with E-state index in [9.17, 15) is 14.4 Å². The van der Waals surface area contributed by atoms with Crippen LogP contribution in [0.5, 0.6) is 0 Å². The van der Waals surface area contributed by atoms with Crippen molar-refractivity contribution in [1.29, 1.82) is 0 Å². The third-order valence-corrected chi connectivity index (χ3v) is 8.31. The van der Waals surface area contributed by atoms with Gasteiger partial charge in [-0.3, -0.25) is 14.5 Å². The Morgan fingerprint density at radius 2 is 2.09 bits per heavy atom. The summed E-state index contributed by atoms with van der Waals surface area (Å²) in [7, 11) is 0. The molecular weight excluding hydrogens is 440 g/mol. The second-order valence-electron chi connectivity index (χ2n) is 8.79. The molecule has 3 aliphatic rings. The Hall–Kier alpha value is -2.66. The van der Waals surface area contributed by atoms with Crippen LogP contribution < -0.4 is 5.32 Å². The second-order valence-corrected chi connectivity index (χ2v) is 10.1. The van der Waals surface area contributed by atoms with Crippen LogP contribution in [-0.2, 0) is 25.5 Å². The van der Waals surface area contributed by atoms with Gasteiger partial charge in [0.15, 0.2) is 0 Å². The molecule has 2 saturated heterocycles. The number of nitrogens with one attached hydrogen (secondary N) is 1. The minimum atomic E-state index is -0.574. The summed E-state index contributed by atoms with van der Waals surface area (Å²) in [4.78, 5) is 37.7. The van der Waals surface area contributed by atoms with Crippen molar-refractivity contribution in [2.45, 2.75) is 62.3 Å². The molecule has 4 rings (SSSR count). The summed E-state index contributed by atoms with van der Waals surface area (Å²) in [5.74, 6) is 3.71. The molecule has 2 aliphatic heterocycles. The summed E-state index contributed by atoms with van der Waals surface area (Å²) in [6.45, 7) is -0.281. The minimum absolute atomic E-state index is 0.126. The largest absolute Gasteiger partial charge is 0.428 e. The fourth-order valence-corrected chi connectivity index (χ4v) is 6.76. The average molecular weight is 471 g/mol. The van der Waals surface area contributed by atoms with Crippen LogP contribution in [0.1, 0.15) is 55.7 Å². The van der Waals surface area contributed by atoms with E-state index in [4.69, 9.17) is 15.9 Å². The molecule has 1 aromatic rings. The molecule has 33 heavy (non-hydrogen) atoms. The molecule has 4 atom stereocenters. The van der Waals surface area contributed by atoms with Gasteiger partial charge in [0, 0.05) is 35.8 Å². The monoisotopic (exact) mass is 470 g/mol. The number of aryl methyl sites for hydroxylation is 1. The number of benzene rings is 1. The van der Waals surface area contributed by atoms with Gasteiger partial charge in [-0.2, -0.15) is 11.8 Å². The highest BCUT2D eigenvalue weighted by Gasteiger charge is 2.42. The standard InChI is InChI=1S/C25H30N2O5S/c1-2-13-27(21-12-11-17-7-3-4-8-18(17)21)25(30)32-16-31-24(29)10-6-5-9-22-19-14-23(28)26-20(19)15-33-22/h1,3-4,7-8,19-22H,5-6,9-16H2,(H,26,28)/t19-,20-,21+,22-/m0/s1. The highest BCUT2D eigenvalue weighted by Crippen LogP contribution is 2.40. The lowest BCUT2D eigenvalue weighted by molar-refractivity contribution is -0.152. The Balaban J connectivity index is 1.14. The maximum absolute atomic E-state index is 12.6. The van der Waals surface area contributed by atoms with Crippen LogP contribution >= 0.6 is 11.8 Å². The molecule has 8 heteroatoms. The fraction of sp³-hybridized carbons (Fsp3) is 0.560. The van der Waals surface area contributed by atoms with Gasteiger partial charge in [-0.05, 0) is 36.8 Å². The van der Waals surface area contributed by atoms with Gasteiger partial charge in [-0.25, -0.2) is 4.79 Å². The zero-order valence-corrected chi connectivity index (χ0v) is 19.5. The van der Waals surface area contributed by atoms with Crippen molar-refractivity contribution in [2.24, 2.45) is 5.92 Å². The van der Waals surface area contributed by atoms with Crippen molar-refractivity contribution in [1.82, 2.24) is 10.2 Å². The molecule has 0 radical (unpaired) electrons. The summed E-state index contributed by atoms with van der Waals surface area (Å²) in [6.07, 6.45) is 10.1. The van der Waals surface area contributed by atoms with Gasteiger partial charge in [0.2, 0.25) is 12.7 Å². The van der Waals surface area contributed by atoms with E-state index in [1.807, 2.05) is 30.0 Å². The van der Waals surface area contributed by atoms with E-state index in [0.29, 0.717) is 30.1 Å². The zero-order chi connectivity index (χ0) is 23.2. The lowest BCUT2D eigenvalue weighted by atomic mass is 9.94. The summed E-state index contributed by atoms with van der Waals surface area (Å²) in [6, 6.07) is 8.20. The zero-order valence-electron chi connectivity index (χ0n) is 18.7. The molecular formula is C25H30N2O5S. The number of nitrogens with zero attached hydrogens (tertiary/aromatic N) is 1. The van der Waals surface area contributed by atoms with Crippen molar-refractivity contribution in [3.05, 3.63) is 35.4 Å². The van der Waals surface area contributed by atoms with E-state index < -0.39 is 12.9 Å². The number of carbonyl (C=O) groups excluding carboxylic acids is 3. The number of hydrogen-bond donors (Lipinski definition) is 1. The lowest BCUT2D eigenvalue weighted by Crippen LogP contribution is -2.35. The van der Waals surface area contributed by atoms with Gasteiger partial charge >= 0.3 is 12.1 Å². The molecule has 0 saturated carbocycles. The van der Waals surface area contributed by atoms with Crippen molar-refractivity contribution >= 4 is 29.7 Å². The molecule has 1 aliphatic carbocycles. The Kier molecular flexibility index (Phi) is 7.81. The van der Waals surface area contributed by atoms with E-state index in [1.165, 1.54) is 10.5 Å². The number of rotatable bonds is 9. The van der Waals surface area contributed by atoms with Gasteiger partial charge in [0.1, 0.15) is 0 Å². The van der Waals surface area contributed by atoms with Crippen LogP contribution in [0.4, 0.5) is 4.79 Å². The van der Waals surface area contributed by atoms with E-state index in [1.54, 1.807) is 0 Å². The van der Waals surface area contributed by atoms with Crippen LogP contribution in [0.3, 0.4) is 0 Å². The second kappa shape index (κ2) is 11.0. The third-order valence-electron chi connectivity index (χ3n) is 6.75. The lowest BCUT2D eigenvalue weighted by Gasteiger charge is -2.27. The summed E-state index contributed by atoms with van der Waals surface area (Å²) >= 11 is 1.92. The summed E-state index contributed by atoms with van der Waals surface area (Å²) < 4.78 is 10.3. The molecule has 2 fully saturated rings. The molecule has 0 unspecified atom stereocenters. The van der Waals surface area contributed by atoms with Gasteiger partial charge < -0.3 is 14.8 Å². The van der Waals surface area contributed by atoms with E-state index in [2.05, 4.69) is 17.3 Å². The maximum Gasteiger partial charge on any atom is 0.413 e. The van der Waals surface area contributed by atoms with Crippen molar-refractivity contribution < 1.29 is 23.9 Å². The van der Waals surface area contributed by atoms with Crippen LogP contribution in [0.25, 0.3) is 0 Å². The number of ether oxygens (including phenoxy) is 2. The Morgan fingerprint density at radius 3 is 2.94 bits per heavy atom. The minimum Gasteiger partial charge on any atom is -0.428 e. The first-order chi connectivity index (χ1) is 16.1.